The number of nitrogens with one attached hydrogen (secondary N) is 1. The van der Waals surface area contributed by atoms with Gasteiger partial charge in [-0.15, -0.1) is 0 Å². The van der Waals surface area contributed by atoms with Crippen molar-refractivity contribution < 1.29 is 13.9 Å². The number of carbonyl (C=O) groups excluding carboxylic acids is 1. The van der Waals surface area contributed by atoms with Gasteiger partial charge < -0.3 is 14.5 Å². The van der Waals surface area contributed by atoms with E-state index in [2.05, 4.69) is 17.4 Å². The maximum absolute atomic E-state index is 11.9. The van der Waals surface area contributed by atoms with Gasteiger partial charge in [-0.25, -0.2) is 0 Å². The fraction of sp³-hybridized carbons (Fsp3) is 0.312. The van der Waals surface area contributed by atoms with Crippen LogP contribution in [0.3, 0.4) is 0 Å². The average molecular weight is 271 g/mol. The first-order valence-electron chi connectivity index (χ1n) is 6.81. The van der Waals surface area contributed by atoms with Crippen LogP contribution >= 0.6 is 0 Å². The number of amides is 1. The molecule has 1 unspecified atom stereocenters. The first kappa shape index (κ1) is 12.8. The fourth-order valence-electron chi connectivity index (χ4n) is 2.47. The van der Waals surface area contributed by atoms with E-state index in [0.29, 0.717) is 5.76 Å². The Morgan fingerprint density at radius 3 is 3.10 bits per heavy atom. The van der Waals surface area contributed by atoms with Crippen LogP contribution < -0.4 is 10.1 Å². The number of hydrogen-bond acceptors (Lipinski definition) is 3. The number of rotatable bonds is 4. The predicted octanol–water partition coefficient (Wildman–Crippen LogP) is 2.58. The van der Waals surface area contributed by atoms with E-state index in [1.807, 2.05) is 13.0 Å². The summed E-state index contributed by atoms with van der Waals surface area (Å²) in [6, 6.07) is 9.65. The molecule has 0 bridgehead atoms. The van der Waals surface area contributed by atoms with Gasteiger partial charge in [0.05, 0.1) is 12.9 Å². The third-order valence-electron chi connectivity index (χ3n) is 3.42. The Labute approximate surface area is 117 Å². The molecule has 1 atom stereocenters. The van der Waals surface area contributed by atoms with Crippen molar-refractivity contribution in [3.63, 3.8) is 0 Å². The highest BCUT2D eigenvalue weighted by molar-refractivity contribution is 5.91. The second-order valence-electron chi connectivity index (χ2n) is 5.10. The smallest absolute Gasteiger partial charge is 0.287 e. The molecular formula is C16H17NO3. The minimum absolute atomic E-state index is 0.0490. The quantitative estimate of drug-likeness (QED) is 0.929. The first-order chi connectivity index (χ1) is 9.72. The lowest BCUT2D eigenvalue weighted by Crippen LogP contribution is -2.33. The molecule has 1 N–H and O–H groups in total. The molecule has 0 radical (unpaired) electrons. The Balaban J connectivity index is 1.61. The van der Waals surface area contributed by atoms with E-state index in [-0.39, 0.29) is 11.9 Å². The van der Waals surface area contributed by atoms with Gasteiger partial charge >= 0.3 is 0 Å². The summed E-state index contributed by atoms with van der Waals surface area (Å²) in [5, 5.41) is 2.93. The highest BCUT2D eigenvalue weighted by Crippen LogP contribution is 2.26. The molecule has 2 heterocycles. The summed E-state index contributed by atoms with van der Waals surface area (Å²) >= 11 is 0. The van der Waals surface area contributed by atoms with E-state index >= 15 is 0 Å². The molecule has 0 saturated carbocycles. The van der Waals surface area contributed by atoms with Crippen molar-refractivity contribution >= 4 is 5.91 Å². The monoisotopic (exact) mass is 271 g/mol. The highest BCUT2D eigenvalue weighted by Gasteiger charge is 2.15. The van der Waals surface area contributed by atoms with Crippen LogP contribution in [0.25, 0.3) is 0 Å². The van der Waals surface area contributed by atoms with Crippen molar-refractivity contribution in [3.05, 3.63) is 53.5 Å². The highest BCUT2D eigenvalue weighted by atomic mass is 16.5. The molecule has 4 nitrogen and oxygen atoms in total. The van der Waals surface area contributed by atoms with Gasteiger partial charge in [0.2, 0.25) is 0 Å². The van der Waals surface area contributed by atoms with E-state index in [1.54, 1.807) is 12.1 Å². The van der Waals surface area contributed by atoms with Gasteiger partial charge in [0.15, 0.2) is 5.76 Å². The molecule has 1 aromatic heterocycles. The van der Waals surface area contributed by atoms with Crippen LogP contribution in [-0.4, -0.2) is 18.6 Å². The topological polar surface area (TPSA) is 51.5 Å². The Morgan fingerprint density at radius 2 is 2.30 bits per heavy atom. The summed E-state index contributed by atoms with van der Waals surface area (Å²) in [5.74, 6) is 1.16. The Bertz CT molecular complexity index is 604. The molecule has 1 aromatic carbocycles. The average Bonchev–Trinajstić information content (AvgIpc) is 3.09. The molecule has 0 fully saturated rings. The van der Waals surface area contributed by atoms with Crippen molar-refractivity contribution in [2.45, 2.75) is 25.8 Å². The zero-order valence-corrected chi connectivity index (χ0v) is 11.4. The number of hydrogen-bond donors (Lipinski definition) is 1. The van der Waals surface area contributed by atoms with Gasteiger partial charge in [-0.05, 0) is 42.7 Å². The zero-order valence-electron chi connectivity index (χ0n) is 11.4. The summed E-state index contributed by atoms with van der Waals surface area (Å²) in [4.78, 5) is 11.9. The summed E-state index contributed by atoms with van der Waals surface area (Å²) in [5.41, 5.74) is 2.47. The minimum atomic E-state index is -0.174. The number of fused-ring (bicyclic) bond motifs is 1. The van der Waals surface area contributed by atoms with Crippen molar-refractivity contribution in [1.29, 1.82) is 0 Å². The van der Waals surface area contributed by atoms with Crippen molar-refractivity contribution in [3.8, 4) is 5.75 Å². The van der Waals surface area contributed by atoms with Crippen molar-refractivity contribution in [1.82, 2.24) is 5.32 Å². The second-order valence-corrected chi connectivity index (χ2v) is 5.10. The van der Waals surface area contributed by atoms with Crippen LogP contribution in [-0.2, 0) is 12.8 Å². The van der Waals surface area contributed by atoms with Gasteiger partial charge in [0, 0.05) is 12.5 Å². The normalized spacial score (nSPS) is 14.4. The van der Waals surface area contributed by atoms with Gasteiger partial charge in [-0.2, -0.15) is 0 Å². The van der Waals surface area contributed by atoms with E-state index in [9.17, 15) is 4.79 Å². The lowest BCUT2D eigenvalue weighted by molar-refractivity contribution is 0.0912. The van der Waals surface area contributed by atoms with E-state index in [1.165, 1.54) is 17.4 Å². The molecule has 20 heavy (non-hydrogen) atoms. The summed E-state index contributed by atoms with van der Waals surface area (Å²) in [6.07, 6.45) is 3.26. The molecule has 0 saturated heterocycles. The molecule has 2 aromatic rings. The SMILES string of the molecule is CC(Cc1ccc2c(c1)CCO2)NC(=O)c1ccco1. The van der Waals surface area contributed by atoms with Gasteiger partial charge in [-0.1, -0.05) is 12.1 Å². The maximum Gasteiger partial charge on any atom is 0.287 e. The Kier molecular flexibility index (Phi) is 3.46. The van der Waals surface area contributed by atoms with Crippen molar-refractivity contribution in [2.75, 3.05) is 6.61 Å². The fourth-order valence-corrected chi connectivity index (χ4v) is 2.47. The Morgan fingerprint density at radius 1 is 1.40 bits per heavy atom. The van der Waals surface area contributed by atoms with Crippen LogP contribution in [0.2, 0.25) is 0 Å². The maximum atomic E-state index is 11.9. The summed E-state index contributed by atoms with van der Waals surface area (Å²) in [7, 11) is 0. The minimum Gasteiger partial charge on any atom is -0.493 e. The van der Waals surface area contributed by atoms with Gasteiger partial charge in [0.25, 0.3) is 5.91 Å². The van der Waals surface area contributed by atoms with Crippen LogP contribution in [0.1, 0.15) is 28.6 Å². The molecular weight excluding hydrogens is 254 g/mol. The third-order valence-corrected chi connectivity index (χ3v) is 3.42. The molecule has 104 valence electrons. The molecule has 0 aliphatic carbocycles. The van der Waals surface area contributed by atoms with Crippen LogP contribution in [0, 0.1) is 0 Å². The molecule has 1 amide bonds. The standard InChI is InChI=1S/C16H17NO3/c1-11(17-16(18)15-3-2-7-19-15)9-12-4-5-14-13(10-12)6-8-20-14/h2-5,7,10-11H,6,8-9H2,1H3,(H,17,18). The summed E-state index contributed by atoms with van der Waals surface area (Å²) < 4.78 is 10.6. The van der Waals surface area contributed by atoms with Crippen LogP contribution in [0.15, 0.2) is 41.0 Å². The molecule has 4 heteroatoms. The van der Waals surface area contributed by atoms with E-state index in [4.69, 9.17) is 9.15 Å². The molecule has 1 aliphatic rings. The molecule has 0 spiro atoms. The zero-order chi connectivity index (χ0) is 13.9. The van der Waals surface area contributed by atoms with Crippen LogP contribution in [0.4, 0.5) is 0 Å². The summed E-state index contributed by atoms with van der Waals surface area (Å²) in [6.45, 7) is 2.76. The van der Waals surface area contributed by atoms with Crippen molar-refractivity contribution in [2.24, 2.45) is 0 Å². The number of carbonyl (C=O) groups is 1. The largest absolute Gasteiger partial charge is 0.493 e. The number of benzene rings is 1. The lowest BCUT2D eigenvalue weighted by atomic mass is 10.0. The first-order valence-corrected chi connectivity index (χ1v) is 6.81. The van der Waals surface area contributed by atoms with E-state index < -0.39 is 0 Å². The van der Waals surface area contributed by atoms with Gasteiger partial charge in [0.1, 0.15) is 5.75 Å². The predicted molar refractivity (Wildman–Crippen MR) is 75.0 cm³/mol. The third kappa shape index (κ3) is 2.69. The Hall–Kier alpha value is -2.23. The molecule has 1 aliphatic heterocycles. The van der Waals surface area contributed by atoms with E-state index in [0.717, 1.165) is 25.2 Å². The molecule has 3 rings (SSSR count). The number of ether oxygens (including phenoxy) is 1. The lowest BCUT2D eigenvalue weighted by Gasteiger charge is -2.13. The van der Waals surface area contributed by atoms with Gasteiger partial charge in [-0.3, -0.25) is 4.79 Å². The number of furan rings is 1. The second kappa shape index (κ2) is 5.41. The van der Waals surface area contributed by atoms with Crippen LogP contribution in [0.5, 0.6) is 5.75 Å².